The van der Waals surface area contributed by atoms with E-state index in [-0.39, 0.29) is 12.1 Å². The monoisotopic (exact) mass is 488 g/mol. The number of rotatable bonds is 4. The molecule has 6 rings (SSSR count). The maximum Gasteiger partial charge on any atom is 0.227 e. The van der Waals surface area contributed by atoms with Crippen molar-refractivity contribution in [3.8, 4) is 11.5 Å². The van der Waals surface area contributed by atoms with Crippen LogP contribution in [0.4, 0.5) is 5.95 Å². The summed E-state index contributed by atoms with van der Waals surface area (Å²) in [4.78, 5) is 4.74. The molecule has 8 heteroatoms. The van der Waals surface area contributed by atoms with Crippen LogP contribution in [0.3, 0.4) is 0 Å². The predicted octanol–water partition coefficient (Wildman–Crippen LogP) is 6.22. The normalized spacial score (nSPS) is 18.3. The summed E-state index contributed by atoms with van der Waals surface area (Å²) in [5.41, 5.74) is 5.14. The van der Waals surface area contributed by atoms with Gasteiger partial charge in [0.15, 0.2) is 0 Å². The number of fused-ring (bicyclic) bond motifs is 3. The molecular formula is C26H21ClN4O2S. The van der Waals surface area contributed by atoms with Gasteiger partial charge in [-0.1, -0.05) is 59.8 Å². The highest BCUT2D eigenvalue weighted by Crippen LogP contribution is 2.51. The molecule has 0 spiro atoms. The van der Waals surface area contributed by atoms with E-state index >= 15 is 0 Å². The maximum absolute atomic E-state index is 6.64. The van der Waals surface area contributed by atoms with E-state index in [1.165, 1.54) is 11.8 Å². The molecular weight excluding hydrogens is 468 g/mol. The van der Waals surface area contributed by atoms with E-state index in [1.807, 2.05) is 65.5 Å². The second-order valence-corrected chi connectivity index (χ2v) is 9.25. The third kappa shape index (κ3) is 3.43. The fourth-order valence-electron chi connectivity index (χ4n) is 4.56. The lowest BCUT2D eigenvalue weighted by molar-refractivity contribution is 0.223. The van der Waals surface area contributed by atoms with Gasteiger partial charge in [-0.05, 0) is 53.8 Å². The van der Waals surface area contributed by atoms with Crippen LogP contribution >= 0.6 is 23.4 Å². The largest absolute Gasteiger partial charge is 0.497 e. The zero-order valence-electron chi connectivity index (χ0n) is 18.5. The Morgan fingerprint density at radius 2 is 1.74 bits per heavy atom. The Hall–Kier alpha value is -3.42. The first kappa shape index (κ1) is 21.1. The van der Waals surface area contributed by atoms with Crippen LogP contribution in [-0.4, -0.2) is 28.1 Å². The summed E-state index contributed by atoms with van der Waals surface area (Å²) in [5, 5.41) is 9.78. The number of thioether (sulfide) groups is 1. The van der Waals surface area contributed by atoms with E-state index in [4.69, 9.17) is 31.2 Å². The number of halogens is 1. The van der Waals surface area contributed by atoms with E-state index in [0.717, 1.165) is 39.5 Å². The van der Waals surface area contributed by atoms with E-state index < -0.39 is 0 Å². The fraction of sp³-hybridized carbons (Fsp3) is 0.154. The summed E-state index contributed by atoms with van der Waals surface area (Å²) >= 11 is 7.72. The molecule has 1 N–H and O–H groups in total. The third-order valence-corrected chi connectivity index (χ3v) is 6.94. The fourth-order valence-corrected chi connectivity index (χ4v) is 5.04. The van der Waals surface area contributed by atoms with Crippen molar-refractivity contribution in [2.75, 3.05) is 18.7 Å². The van der Waals surface area contributed by atoms with Crippen molar-refractivity contribution in [2.24, 2.45) is 0 Å². The van der Waals surface area contributed by atoms with E-state index in [9.17, 15) is 0 Å². The number of hydrogen-bond acceptors (Lipinski definition) is 6. The number of ether oxygens (including phenoxy) is 2. The lowest BCUT2D eigenvalue weighted by Gasteiger charge is -2.39. The Bertz CT molecular complexity index is 1400. The van der Waals surface area contributed by atoms with Crippen molar-refractivity contribution < 1.29 is 9.47 Å². The Kier molecular flexibility index (Phi) is 5.23. The van der Waals surface area contributed by atoms with Gasteiger partial charge in [-0.15, -0.1) is 5.10 Å². The number of nitrogens with zero attached hydrogens (tertiary/aromatic N) is 3. The quantitative estimate of drug-likeness (QED) is 0.344. The minimum absolute atomic E-state index is 0.223. The average Bonchev–Trinajstić information content (AvgIpc) is 3.30. The molecule has 0 bridgehead atoms. The smallest absolute Gasteiger partial charge is 0.227 e. The molecule has 0 saturated carbocycles. The number of hydrogen-bond donors (Lipinski definition) is 1. The van der Waals surface area contributed by atoms with Crippen molar-refractivity contribution in [2.45, 2.75) is 17.3 Å². The highest BCUT2D eigenvalue weighted by molar-refractivity contribution is 7.98. The highest BCUT2D eigenvalue weighted by Gasteiger charge is 2.41. The first-order chi connectivity index (χ1) is 16.7. The number of para-hydroxylation sites is 1. The van der Waals surface area contributed by atoms with Gasteiger partial charge in [0.25, 0.3) is 0 Å². The maximum atomic E-state index is 6.64. The van der Waals surface area contributed by atoms with E-state index in [1.54, 1.807) is 7.11 Å². The number of aromatic nitrogens is 3. The first-order valence-corrected chi connectivity index (χ1v) is 12.4. The van der Waals surface area contributed by atoms with Crippen LogP contribution in [0, 0.1) is 0 Å². The summed E-state index contributed by atoms with van der Waals surface area (Å²) in [6, 6.07) is 23.8. The summed E-state index contributed by atoms with van der Waals surface area (Å²) in [6.45, 7) is 0. The van der Waals surface area contributed by atoms with Gasteiger partial charge in [0.05, 0.1) is 12.8 Å². The molecule has 2 aliphatic rings. The van der Waals surface area contributed by atoms with Crippen LogP contribution in [0.5, 0.6) is 11.5 Å². The molecule has 6 nitrogen and oxygen atoms in total. The highest BCUT2D eigenvalue weighted by atomic mass is 35.5. The van der Waals surface area contributed by atoms with Gasteiger partial charge in [0, 0.05) is 16.2 Å². The van der Waals surface area contributed by atoms with Crippen molar-refractivity contribution in [1.29, 1.82) is 0 Å². The number of nitrogens with one attached hydrogen (secondary N) is 1. The molecule has 170 valence electrons. The van der Waals surface area contributed by atoms with Crippen LogP contribution < -0.4 is 14.8 Å². The van der Waals surface area contributed by atoms with Crippen molar-refractivity contribution >= 4 is 35.0 Å². The number of benzene rings is 3. The number of methoxy groups -OCH3 is 1. The topological polar surface area (TPSA) is 61.2 Å². The molecule has 0 amide bonds. The Morgan fingerprint density at radius 3 is 2.47 bits per heavy atom. The molecule has 2 aliphatic heterocycles. The lowest BCUT2D eigenvalue weighted by atomic mass is 9.84. The van der Waals surface area contributed by atoms with Crippen LogP contribution in [0.2, 0.25) is 5.02 Å². The molecule has 2 atom stereocenters. The molecule has 0 aliphatic carbocycles. The van der Waals surface area contributed by atoms with Crippen LogP contribution in [0.1, 0.15) is 28.8 Å². The van der Waals surface area contributed by atoms with Crippen LogP contribution in [0.25, 0.3) is 5.70 Å². The SMILES string of the molecule is COc1ccc([C@@H]2C3=C(Nc4nc(SC)nn42)c2ccccc2O[C@@H]3c2ccc(Cl)cc2)cc1. The molecule has 34 heavy (non-hydrogen) atoms. The van der Waals surface area contributed by atoms with Crippen molar-refractivity contribution in [3.63, 3.8) is 0 Å². The molecule has 4 aromatic rings. The van der Waals surface area contributed by atoms with Gasteiger partial charge >= 0.3 is 0 Å². The molecule has 3 aromatic carbocycles. The molecule has 0 fully saturated rings. The standard InChI is InChI=1S/C26H21ClN4O2S/c1-32-18-13-9-15(10-14-18)23-21-22(28-25-29-26(34-2)30-31(23)25)19-5-3-4-6-20(19)33-24(21)16-7-11-17(27)12-8-16/h3-14,23-24H,1-2H3,(H,28,29,30)/t23-,24-/m1/s1. The van der Waals surface area contributed by atoms with Gasteiger partial charge in [0.1, 0.15) is 23.6 Å². The predicted molar refractivity (Wildman–Crippen MR) is 135 cm³/mol. The van der Waals surface area contributed by atoms with E-state index in [0.29, 0.717) is 16.1 Å². The zero-order chi connectivity index (χ0) is 23.2. The van der Waals surface area contributed by atoms with Gasteiger partial charge in [-0.3, -0.25) is 0 Å². The molecule has 0 radical (unpaired) electrons. The minimum Gasteiger partial charge on any atom is -0.497 e. The van der Waals surface area contributed by atoms with Gasteiger partial charge < -0.3 is 14.8 Å². The van der Waals surface area contributed by atoms with E-state index in [2.05, 4.69) is 23.5 Å². The second-order valence-electron chi connectivity index (χ2n) is 8.04. The van der Waals surface area contributed by atoms with Crippen molar-refractivity contribution in [1.82, 2.24) is 14.8 Å². The third-order valence-electron chi connectivity index (χ3n) is 6.15. The molecule has 0 unspecified atom stereocenters. The van der Waals surface area contributed by atoms with Crippen molar-refractivity contribution in [3.05, 3.63) is 100 Å². The summed E-state index contributed by atoms with van der Waals surface area (Å²) < 4.78 is 14.0. The van der Waals surface area contributed by atoms with Crippen LogP contribution in [0.15, 0.2) is 83.5 Å². The molecule has 3 heterocycles. The molecule has 1 aromatic heterocycles. The Labute approximate surface area is 206 Å². The second kappa shape index (κ2) is 8.42. The van der Waals surface area contributed by atoms with Gasteiger partial charge in [-0.25, -0.2) is 4.68 Å². The average molecular weight is 489 g/mol. The Morgan fingerprint density at radius 1 is 1.00 bits per heavy atom. The molecule has 0 saturated heterocycles. The zero-order valence-corrected chi connectivity index (χ0v) is 20.1. The lowest BCUT2D eigenvalue weighted by Crippen LogP contribution is -2.32. The number of anilines is 1. The first-order valence-electron chi connectivity index (χ1n) is 10.8. The summed E-state index contributed by atoms with van der Waals surface area (Å²) in [7, 11) is 1.67. The Balaban J connectivity index is 1.61. The summed E-state index contributed by atoms with van der Waals surface area (Å²) in [5.74, 6) is 2.32. The van der Waals surface area contributed by atoms with Crippen LogP contribution in [-0.2, 0) is 0 Å². The van der Waals surface area contributed by atoms with Gasteiger partial charge in [0.2, 0.25) is 11.1 Å². The minimum atomic E-state index is -0.336. The summed E-state index contributed by atoms with van der Waals surface area (Å²) in [6.07, 6.45) is 1.64. The van der Waals surface area contributed by atoms with Gasteiger partial charge in [-0.2, -0.15) is 4.98 Å².